The van der Waals surface area contributed by atoms with Crippen molar-refractivity contribution < 1.29 is 9.53 Å². The van der Waals surface area contributed by atoms with Crippen LogP contribution in [0.3, 0.4) is 0 Å². The van der Waals surface area contributed by atoms with Crippen molar-refractivity contribution in [2.75, 3.05) is 7.11 Å². The van der Waals surface area contributed by atoms with Gasteiger partial charge in [0.2, 0.25) is 0 Å². The molecule has 0 bridgehead atoms. The second-order valence-electron chi connectivity index (χ2n) is 4.72. The molecule has 0 fully saturated rings. The van der Waals surface area contributed by atoms with Gasteiger partial charge in [-0.25, -0.2) is 4.79 Å². The van der Waals surface area contributed by atoms with Gasteiger partial charge in [0.1, 0.15) is 0 Å². The highest BCUT2D eigenvalue weighted by Gasteiger charge is 2.18. The molecule has 0 N–H and O–H groups in total. The molecule has 0 aliphatic heterocycles. The number of aryl methyl sites for hydroxylation is 1. The van der Waals surface area contributed by atoms with Crippen molar-refractivity contribution in [3.05, 3.63) is 58.7 Å². The van der Waals surface area contributed by atoms with E-state index in [9.17, 15) is 4.79 Å². The molecule has 2 aromatic rings. The first-order valence-electron chi connectivity index (χ1n) is 6.46. The fourth-order valence-electron chi connectivity index (χ4n) is 2.10. The third-order valence-electron chi connectivity index (χ3n) is 3.48. The molecule has 0 aliphatic carbocycles. The Labute approximate surface area is 124 Å². The molecule has 20 heavy (non-hydrogen) atoms. The number of rotatable bonds is 3. The topological polar surface area (TPSA) is 26.3 Å². The van der Waals surface area contributed by atoms with E-state index in [0.717, 1.165) is 20.9 Å². The highest BCUT2D eigenvalue weighted by atomic mass is 32.2. The summed E-state index contributed by atoms with van der Waals surface area (Å²) in [6.45, 7) is 6.08. The molecular formula is C17H18O2S. The first kappa shape index (κ1) is 14.7. The molecular weight excluding hydrogens is 268 g/mol. The van der Waals surface area contributed by atoms with E-state index in [-0.39, 0.29) is 5.97 Å². The fourth-order valence-corrected chi connectivity index (χ4v) is 3.22. The van der Waals surface area contributed by atoms with Crippen LogP contribution in [-0.2, 0) is 4.74 Å². The molecule has 0 saturated heterocycles. The number of methoxy groups -OCH3 is 1. The molecule has 3 heteroatoms. The number of carbonyl (C=O) groups excluding carboxylic acids is 1. The summed E-state index contributed by atoms with van der Waals surface area (Å²) in [4.78, 5) is 14.1. The zero-order chi connectivity index (χ0) is 14.7. The molecule has 0 aromatic heterocycles. The van der Waals surface area contributed by atoms with Crippen LogP contribution in [0.2, 0.25) is 0 Å². The quantitative estimate of drug-likeness (QED) is 0.774. The van der Waals surface area contributed by atoms with E-state index in [1.54, 1.807) is 11.8 Å². The second-order valence-corrected chi connectivity index (χ2v) is 5.84. The van der Waals surface area contributed by atoms with Gasteiger partial charge in [-0.2, -0.15) is 0 Å². The molecule has 104 valence electrons. The largest absolute Gasteiger partial charge is 0.465 e. The van der Waals surface area contributed by atoms with Crippen molar-refractivity contribution >= 4 is 17.7 Å². The molecule has 2 aromatic carbocycles. The summed E-state index contributed by atoms with van der Waals surface area (Å²) in [5, 5.41) is 0. The van der Waals surface area contributed by atoms with E-state index < -0.39 is 0 Å². The van der Waals surface area contributed by atoms with Crippen LogP contribution in [0.15, 0.2) is 46.2 Å². The van der Waals surface area contributed by atoms with Gasteiger partial charge in [-0.3, -0.25) is 0 Å². The normalized spacial score (nSPS) is 10.4. The number of hydrogen-bond acceptors (Lipinski definition) is 3. The van der Waals surface area contributed by atoms with Crippen LogP contribution < -0.4 is 0 Å². The maximum Gasteiger partial charge on any atom is 0.339 e. The lowest BCUT2D eigenvalue weighted by Crippen LogP contribution is -2.08. The van der Waals surface area contributed by atoms with Crippen LogP contribution in [0.5, 0.6) is 0 Å². The lowest BCUT2D eigenvalue weighted by molar-refractivity contribution is 0.0596. The Morgan fingerprint density at radius 2 is 1.70 bits per heavy atom. The number of esters is 1. The van der Waals surface area contributed by atoms with Gasteiger partial charge in [0, 0.05) is 9.79 Å². The third kappa shape index (κ3) is 2.88. The minimum Gasteiger partial charge on any atom is -0.465 e. The smallest absolute Gasteiger partial charge is 0.339 e. The summed E-state index contributed by atoms with van der Waals surface area (Å²) < 4.78 is 4.94. The summed E-state index contributed by atoms with van der Waals surface area (Å²) in [5.74, 6) is -0.274. The monoisotopic (exact) mass is 286 g/mol. The molecule has 0 radical (unpaired) electrons. The van der Waals surface area contributed by atoms with Gasteiger partial charge in [-0.15, -0.1) is 0 Å². The average molecular weight is 286 g/mol. The number of carbonyl (C=O) groups is 1. The molecule has 0 unspecified atom stereocenters. The zero-order valence-electron chi connectivity index (χ0n) is 12.2. The predicted octanol–water partition coefficient (Wildman–Crippen LogP) is 4.55. The Bertz CT molecular complexity index is 633. The van der Waals surface area contributed by atoms with Crippen molar-refractivity contribution in [3.8, 4) is 0 Å². The predicted molar refractivity (Wildman–Crippen MR) is 82.6 cm³/mol. The Morgan fingerprint density at radius 1 is 1.05 bits per heavy atom. The minimum atomic E-state index is -0.274. The number of hydrogen-bond donors (Lipinski definition) is 0. The Hall–Kier alpha value is -1.74. The molecule has 0 atom stereocenters. The van der Waals surface area contributed by atoms with Crippen molar-refractivity contribution in [2.45, 2.75) is 30.6 Å². The average Bonchev–Trinajstić information content (AvgIpc) is 2.45. The number of ether oxygens (including phenoxy) is 1. The second kappa shape index (κ2) is 6.14. The zero-order valence-corrected chi connectivity index (χ0v) is 13.0. The molecule has 2 rings (SSSR count). The van der Waals surface area contributed by atoms with Gasteiger partial charge in [-0.1, -0.05) is 30.0 Å². The fraction of sp³-hybridized carbons (Fsp3) is 0.235. The van der Waals surface area contributed by atoms with E-state index in [2.05, 4.69) is 13.0 Å². The van der Waals surface area contributed by atoms with Crippen LogP contribution in [0.4, 0.5) is 0 Å². The molecule has 0 heterocycles. The summed E-state index contributed by atoms with van der Waals surface area (Å²) in [5.41, 5.74) is 4.00. The van der Waals surface area contributed by atoms with Crippen LogP contribution in [-0.4, -0.2) is 13.1 Å². The van der Waals surface area contributed by atoms with Crippen molar-refractivity contribution in [1.29, 1.82) is 0 Å². The molecule has 0 aliphatic rings. The minimum absolute atomic E-state index is 0.274. The van der Waals surface area contributed by atoms with E-state index in [0.29, 0.717) is 5.56 Å². The Kier molecular flexibility index (Phi) is 4.50. The summed E-state index contributed by atoms with van der Waals surface area (Å²) in [7, 11) is 1.42. The van der Waals surface area contributed by atoms with Crippen molar-refractivity contribution in [3.63, 3.8) is 0 Å². The maximum absolute atomic E-state index is 12.1. The van der Waals surface area contributed by atoms with Crippen LogP contribution in [0, 0.1) is 20.8 Å². The van der Waals surface area contributed by atoms with Gasteiger partial charge in [0.25, 0.3) is 0 Å². The highest BCUT2D eigenvalue weighted by molar-refractivity contribution is 7.99. The lowest BCUT2D eigenvalue weighted by Gasteiger charge is -2.15. The summed E-state index contributed by atoms with van der Waals surface area (Å²) in [6.07, 6.45) is 0. The van der Waals surface area contributed by atoms with Gasteiger partial charge >= 0.3 is 5.97 Å². The first-order valence-corrected chi connectivity index (χ1v) is 7.28. The third-order valence-corrected chi connectivity index (χ3v) is 4.53. The van der Waals surface area contributed by atoms with Crippen LogP contribution in [0.1, 0.15) is 27.0 Å². The van der Waals surface area contributed by atoms with Gasteiger partial charge in [0.15, 0.2) is 0 Å². The van der Waals surface area contributed by atoms with Crippen LogP contribution in [0.25, 0.3) is 0 Å². The van der Waals surface area contributed by atoms with E-state index in [4.69, 9.17) is 4.74 Å². The van der Waals surface area contributed by atoms with E-state index >= 15 is 0 Å². The Balaban J connectivity index is 2.54. The highest BCUT2D eigenvalue weighted by Crippen LogP contribution is 2.34. The van der Waals surface area contributed by atoms with E-state index in [1.165, 1.54) is 12.7 Å². The maximum atomic E-state index is 12.1. The summed E-state index contributed by atoms with van der Waals surface area (Å²) >= 11 is 1.59. The standard InChI is InChI=1S/C17H18O2S/c1-11-10-15(20-14-8-6-5-7-9-14)16(17(18)19-4)13(3)12(11)2/h5-10H,1-4H3. The molecule has 2 nitrogen and oxygen atoms in total. The Morgan fingerprint density at radius 3 is 2.30 bits per heavy atom. The molecule has 0 saturated carbocycles. The van der Waals surface area contributed by atoms with Gasteiger partial charge < -0.3 is 4.74 Å². The molecule has 0 spiro atoms. The van der Waals surface area contributed by atoms with Gasteiger partial charge in [-0.05, 0) is 55.7 Å². The first-order chi connectivity index (χ1) is 9.54. The van der Waals surface area contributed by atoms with Crippen molar-refractivity contribution in [2.24, 2.45) is 0 Å². The number of benzene rings is 2. The van der Waals surface area contributed by atoms with Crippen molar-refractivity contribution in [1.82, 2.24) is 0 Å². The SMILES string of the molecule is COC(=O)c1c(Sc2ccccc2)cc(C)c(C)c1C. The van der Waals surface area contributed by atoms with Crippen LogP contribution >= 0.6 is 11.8 Å². The summed E-state index contributed by atoms with van der Waals surface area (Å²) in [6, 6.07) is 12.1. The molecule has 0 amide bonds. The van der Waals surface area contributed by atoms with E-state index in [1.807, 2.05) is 44.2 Å². The van der Waals surface area contributed by atoms with Gasteiger partial charge in [0.05, 0.1) is 12.7 Å². The lowest BCUT2D eigenvalue weighted by atomic mass is 9.99.